The highest BCUT2D eigenvalue weighted by molar-refractivity contribution is 7.90. The molecule has 2 rings (SSSR count). The summed E-state index contributed by atoms with van der Waals surface area (Å²) >= 11 is 0. The fourth-order valence-corrected chi connectivity index (χ4v) is 3.14. The number of benzene rings is 1. The Labute approximate surface area is 119 Å². The first kappa shape index (κ1) is 15.0. The molecule has 0 radical (unpaired) electrons. The van der Waals surface area contributed by atoms with Crippen molar-refractivity contribution in [2.45, 2.75) is 30.7 Å². The molecular formula is C14H20N2O3S. The number of hydrogen-bond donors (Lipinski definition) is 2. The summed E-state index contributed by atoms with van der Waals surface area (Å²) in [4.78, 5) is 12.2. The van der Waals surface area contributed by atoms with Crippen LogP contribution >= 0.6 is 0 Å². The van der Waals surface area contributed by atoms with E-state index >= 15 is 0 Å². The van der Waals surface area contributed by atoms with Crippen molar-refractivity contribution in [1.29, 1.82) is 0 Å². The second kappa shape index (κ2) is 5.54. The van der Waals surface area contributed by atoms with E-state index in [4.69, 9.17) is 5.73 Å². The molecule has 0 saturated heterocycles. The third kappa shape index (κ3) is 3.58. The van der Waals surface area contributed by atoms with Gasteiger partial charge >= 0.3 is 0 Å². The summed E-state index contributed by atoms with van der Waals surface area (Å²) in [6.07, 6.45) is 3.39. The van der Waals surface area contributed by atoms with Gasteiger partial charge in [-0.25, -0.2) is 8.42 Å². The maximum Gasteiger partial charge on any atom is 0.251 e. The summed E-state index contributed by atoms with van der Waals surface area (Å²) in [5, 5.41) is 2.76. The number of amides is 1. The number of rotatable bonds is 5. The predicted molar refractivity (Wildman–Crippen MR) is 77.3 cm³/mol. The number of sulfone groups is 1. The fourth-order valence-electron chi connectivity index (χ4n) is 2.14. The summed E-state index contributed by atoms with van der Waals surface area (Å²) in [5.41, 5.74) is 6.90. The topological polar surface area (TPSA) is 89.3 Å². The Bertz CT molecular complexity index is 621. The van der Waals surface area contributed by atoms with Crippen molar-refractivity contribution in [3.8, 4) is 0 Å². The smallest absolute Gasteiger partial charge is 0.251 e. The average molecular weight is 296 g/mol. The fraction of sp³-hybridized carbons (Fsp3) is 0.500. The van der Waals surface area contributed by atoms with Gasteiger partial charge in [-0.3, -0.25) is 4.79 Å². The van der Waals surface area contributed by atoms with E-state index in [9.17, 15) is 13.2 Å². The summed E-state index contributed by atoms with van der Waals surface area (Å²) < 4.78 is 23.3. The normalized spacial score (nSPS) is 16.8. The maximum absolute atomic E-state index is 12.0. The minimum absolute atomic E-state index is 0.0150. The lowest BCUT2D eigenvalue weighted by atomic mass is 10.1. The molecule has 0 aromatic heterocycles. The van der Waals surface area contributed by atoms with E-state index in [0.717, 1.165) is 19.1 Å². The van der Waals surface area contributed by atoms with Gasteiger partial charge in [0.15, 0.2) is 9.84 Å². The van der Waals surface area contributed by atoms with Crippen molar-refractivity contribution in [3.05, 3.63) is 29.3 Å². The van der Waals surface area contributed by atoms with Gasteiger partial charge in [-0.05, 0) is 43.4 Å². The molecule has 5 nitrogen and oxygen atoms in total. The van der Waals surface area contributed by atoms with Crippen LogP contribution in [0.15, 0.2) is 23.1 Å². The SMILES string of the molecule is Cc1ccc(C(=O)NCC(N)C2CC2)cc1S(C)(=O)=O. The molecule has 1 saturated carbocycles. The van der Waals surface area contributed by atoms with Gasteiger partial charge in [-0.15, -0.1) is 0 Å². The van der Waals surface area contributed by atoms with Crippen LogP contribution in [0.5, 0.6) is 0 Å². The average Bonchev–Trinajstić information content (AvgIpc) is 3.18. The molecule has 6 heteroatoms. The molecule has 1 aromatic carbocycles. The van der Waals surface area contributed by atoms with Crippen LogP contribution in [0.3, 0.4) is 0 Å². The molecule has 3 N–H and O–H groups in total. The number of carbonyl (C=O) groups is 1. The van der Waals surface area contributed by atoms with E-state index in [0.29, 0.717) is 23.6 Å². The van der Waals surface area contributed by atoms with Crippen LogP contribution in [0.4, 0.5) is 0 Å². The second-order valence-electron chi connectivity index (χ2n) is 5.46. The predicted octanol–water partition coefficient (Wildman–Crippen LogP) is 0.866. The molecule has 1 fully saturated rings. The molecule has 20 heavy (non-hydrogen) atoms. The van der Waals surface area contributed by atoms with Crippen molar-refractivity contribution in [2.24, 2.45) is 11.7 Å². The monoisotopic (exact) mass is 296 g/mol. The van der Waals surface area contributed by atoms with Gasteiger partial charge in [0.25, 0.3) is 5.91 Å². The van der Waals surface area contributed by atoms with E-state index in [-0.39, 0.29) is 16.8 Å². The molecule has 1 amide bonds. The quantitative estimate of drug-likeness (QED) is 0.843. The number of carbonyl (C=O) groups excluding carboxylic acids is 1. The Hall–Kier alpha value is -1.40. The molecule has 0 aliphatic heterocycles. The van der Waals surface area contributed by atoms with Gasteiger partial charge in [0, 0.05) is 24.4 Å². The highest BCUT2D eigenvalue weighted by Gasteiger charge is 2.28. The summed E-state index contributed by atoms with van der Waals surface area (Å²) in [7, 11) is -3.33. The van der Waals surface area contributed by atoms with Gasteiger partial charge in [-0.2, -0.15) is 0 Å². The lowest BCUT2D eigenvalue weighted by molar-refractivity contribution is 0.0950. The number of nitrogens with one attached hydrogen (secondary N) is 1. The third-order valence-corrected chi connectivity index (χ3v) is 4.81. The van der Waals surface area contributed by atoms with Crippen LogP contribution in [0.2, 0.25) is 0 Å². The molecule has 110 valence electrons. The summed E-state index contributed by atoms with van der Waals surface area (Å²) in [6.45, 7) is 2.13. The first-order chi connectivity index (χ1) is 9.29. The van der Waals surface area contributed by atoms with Crippen LogP contribution in [0.25, 0.3) is 0 Å². The maximum atomic E-state index is 12.0. The van der Waals surface area contributed by atoms with Gasteiger partial charge in [0.05, 0.1) is 4.90 Å². The van der Waals surface area contributed by atoms with Crippen LogP contribution in [-0.4, -0.2) is 33.2 Å². The van der Waals surface area contributed by atoms with Crippen molar-refractivity contribution < 1.29 is 13.2 Å². The number of aryl methyl sites for hydroxylation is 1. The Morgan fingerprint density at radius 1 is 1.45 bits per heavy atom. The van der Waals surface area contributed by atoms with E-state index in [2.05, 4.69) is 5.32 Å². The van der Waals surface area contributed by atoms with Crippen molar-refractivity contribution >= 4 is 15.7 Å². The Morgan fingerprint density at radius 3 is 2.65 bits per heavy atom. The number of hydrogen-bond acceptors (Lipinski definition) is 4. The standard InChI is InChI=1S/C14H20N2O3S/c1-9-3-4-11(7-13(9)20(2,18)19)14(17)16-8-12(15)10-5-6-10/h3-4,7,10,12H,5-6,8,15H2,1-2H3,(H,16,17). The molecule has 1 atom stereocenters. The zero-order chi connectivity index (χ0) is 14.9. The minimum atomic E-state index is -3.33. The molecule has 0 spiro atoms. The van der Waals surface area contributed by atoms with Gasteiger partial charge < -0.3 is 11.1 Å². The lowest BCUT2D eigenvalue weighted by Gasteiger charge is -2.12. The Balaban J connectivity index is 2.10. The zero-order valence-electron chi connectivity index (χ0n) is 11.7. The van der Waals surface area contributed by atoms with Crippen LogP contribution in [-0.2, 0) is 9.84 Å². The molecular weight excluding hydrogens is 276 g/mol. The third-order valence-electron chi connectivity index (χ3n) is 3.58. The summed E-state index contributed by atoms with van der Waals surface area (Å²) in [5.74, 6) is 0.228. The first-order valence-corrected chi connectivity index (χ1v) is 8.52. The molecule has 0 heterocycles. The minimum Gasteiger partial charge on any atom is -0.350 e. The Kier molecular flexibility index (Phi) is 4.15. The van der Waals surface area contributed by atoms with Crippen molar-refractivity contribution in [2.75, 3.05) is 12.8 Å². The molecule has 1 aliphatic carbocycles. The lowest BCUT2D eigenvalue weighted by Crippen LogP contribution is -2.38. The molecule has 1 unspecified atom stereocenters. The molecule has 0 bridgehead atoms. The Morgan fingerprint density at radius 2 is 2.10 bits per heavy atom. The van der Waals surface area contributed by atoms with Gasteiger partial charge in [0.1, 0.15) is 0 Å². The molecule has 1 aromatic rings. The number of nitrogens with two attached hydrogens (primary N) is 1. The zero-order valence-corrected chi connectivity index (χ0v) is 12.5. The van der Waals surface area contributed by atoms with E-state index in [1.807, 2.05) is 0 Å². The van der Waals surface area contributed by atoms with Crippen LogP contribution in [0.1, 0.15) is 28.8 Å². The first-order valence-electron chi connectivity index (χ1n) is 6.63. The van der Waals surface area contributed by atoms with Crippen molar-refractivity contribution in [1.82, 2.24) is 5.32 Å². The van der Waals surface area contributed by atoms with Gasteiger partial charge in [0.2, 0.25) is 0 Å². The second-order valence-corrected chi connectivity index (χ2v) is 7.45. The van der Waals surface area contributed by atoms with E-state index in [1.54, 1.807) is 19.1 Å². The van der Waals surface area contributed by atoms with Gasteiger partial charge in [-0.1, -0.05) is 6.07 Å². The summed E-state index contributed by atoms with van der Waals surface area (Å²) in [6, 6.07) is 4.68. The van der Waals surface area contributed by atoms with Crippen LogP contribution < -0.4 is 11.1 Å². The van der Waals surface area contributed by atoms with Crippen LogP contribution in [0, 0.1) is 12.8 Å². The van der Waals surface area contributed by atoms with Crippen molar-refractivity contribution in [3.63, 3.8) is 0 Å². The largest absolute Gasteiger partial charge is 0.350 e. The van der Waals surface area contributed by atoms with E-state index < -0.39 is 9.84 Å². The molecule has 1 aliphatic rings. The highest BCUT2D eigenvalue weighted by Crippen LogP contribution is 2.31. The van der Waals surface area contributed by atoms with E-state index in [1.165, 1.54) is 6.07 Å². The highest BCUT2D eigenvalue weighted by atomic mass is 32.2.